The maximum absolute atomic E-state index is 10.7. The molecule has 4 heteroatoms. The van der Waals surface area contributed by atoms with Crippen molar-refractivity contribution in [3.63, 3.8) is 0 Å². The third-order valence-electron chi connectivity index (χ3n) is 2.28. The number of carboxylic acid groups (broad SMARTS) is 1. The molecule has 86 valence electrons. The van der Waals surface area contributed by atoms with Gasteiger partial charge in [0.15, 0.2) is 0 Å². The van der Waals surface area contributed by atoms with Gasteiger partial charge in [-0.3, -0.25) is 4.79 Å². The van der Waals surface area contributed by atoms with E-state index in [2.05, 4.69) is 4.98 Å². The molecule has 3 nitrogen and oxygen atoms in total. The maximum atomic E-state index is 10.7. The van der Waals surface area contributed by atoms with Crippen molar-refractivity contribution in [1.29, 1.82) is 0 Å². The number of hydrogen-bond donors (Lipinski definition) is 1. The first-order chi connectivity index (χ1) is 8.15. The Bertz CT molecular complexity index is 540. The van der Waals surface area contributed by atoms with Gasteiger partial charge in [-0.15, -0.1) is 0 Å². The smallest absolute Gasteiger partial charge is 0.307 e. The molecule has 0 atom stereocenters. The minimum Gasteiger partial charge on any atom is -0.481 e. The Morgan fingerprint density at radius 1 is 1.24 bits per heavy atom. The molecule has 2 rings (SSSR count). The van der Waals surface area contributed by atoms with Gasteiger partial charge in [0.1, 0.15) is 5.15 Å². The van der Waals surface area contributed by atoms with Gasteiger partial charge in [-0.25, -0.2) is 4.98 Å². The van der Waals surface area contributed by atoms with Crippen molar-refractivity contribution in [3.05, 3.63) is 53.2 Å². The summed E-state index contributed by atoms with van der Waals surface area (Å²) in [4.78, 5) is 14.8. The van der Waals surface area contributed by atoms with Crippen LogP contribution in [0.25, 0.3) is 11.3 Å². The molecule has 0 radical (unpaired) electrons. The molecule has 0 amide bonds. The van der Waals surface area contributed by atoms with E-state index in [0.29, 0.717) is 16.4 Å². The average molecular weight is 248 g/mol. The minimum atomic E-state index is -0.883. The SMILES string of the molecule is O=C(O)Cc1cc(Cl)nc(-c2ccccc2)c1. The van der Waals surface area contributed by atoms with Gasteiger partial charge >= 0.3 is 5.97 Å². The molecule has 0 spiro atoms. The number of aliphatic carboxylic acids is 1. The molecule has 0 bridgehead atoms. The Labute approximate surface area is 104 Å². The van der Waals surface area contributed by atoms with Gasteiger partial charge in [-0.1, -0.05) is 41.9 Å². The fourth-order valence-corrected chi connectivity index (χ4v) is 1.81. The highest BCUT2D eigenvalue weighted by atomic mass is 35.5. The van der Waals surface area contributed by atoms with E-state index in [1.54, 1.807) is 12.1 Å². The second-order valence-electron chi connectivity index (χ2n) is 3.62. The third-order valence-corrected chi connectivity index (χ3v) is 2.47. The van der Waals surface area contributed by atoms with Crippen LogP contribution in [-0.2, 0) is 11.2 Å². The van der Waals surface area contributed by atoms with Crippen LogP contribution in [0.2, 0.25) is 5.15 Å². The quantitative estimate of drug-likeness (QED) is 0.849. The Hall–Kier alpha value is -1.87. The van der Waals surface area contributed by atoms with Crippen molar-refractivity contribution < 1.29 is 9.90 Å². The van der Waals surface area contributed by atoms with E-state index in [-0.39, 0.29) is 6.42 Å². The van der Waals surface area contributed by atoms with Crippen LogP contribution in [0.4, 0.5) is 0 Å². The molecule has 1 aromatic heterocycles. The van der Waals surface area contributed by atoms with Gasteiger partial charge in [-0.05, 0) is 17.7 Å². The molecule has 0 aliphatic carbocycles. The van der Waals surface area contributed by atoms with E-state index in [0.717, 1.165) is 5.56 Å². The fourth-order valence-electron chi connectivity index (χ4n) is 1.58. The molecular weight excluding hydrogens is 238 g/mol. The number of carboxylic acids is 1. The van der Waals surface area contributed by atoms with E-state index in [9.17, 15) is 4.79 Å². The minimum absolute atomic E-state index is 0.0535. The van der Waals surface area contributed by atoms with Crippen LogP contribution in [0.15, 0.2) is 42.5 Å². The number of aromatic nitrogens is 1. The van der Waals surface area contributed by atoms with Crippen molar-refractivity contribution in [1.82, 2.24) is 4.98 Å². The van der Waals surface area contributed by atoms with Gasteiger partial charge in [-0.2, -0.15) is 0 Å². The highest BCUT2D eigenvalue weighted by molar-refractivity contribution is 6.29. The molecule has 1 heterocycles. The molecule has 0 unspecified atom stereocenters. The van der Waals surface area contributed by atoms with Crippen molar-refractivity contribution >= 4 is 17.6 Å². The lowest BCUT2D eigenvalue weighted by Crippen LogP contribution is -2.01. The first-order valence-corrected chi connectivity index (χ1v) is 5.46. The van der Waals surface area contributed by atoms with Crippen LogP contribution < -0.4 is 0 Å². The topological polar surface area (TPSA) is 50.2 Å². The van der Waals surface area contributed by atoms with Gasteiger partial charge in [0, 0.05) is 5.56 Å². The summed E-state index contributed by atoms with van der Waals surface area (Å²) in [6.07, 6.45) is -0.0535. The van der Waals surface area contributed by atoms with Crippen molar-refractivity contribution in [3.8, 4) is 11.3 Å². The van der Waals surface area contributed by atoms with E-state index < -0.39 is 5.97 Å². The van der Waals surface area contributed by atoms with Crippen molar-refractivity contribution in [2.45, 2.75) is 6.42 Å². The van der Waals surface area contributed by atoms with Crippen LogP contribution in [0.5, 0.6) is 0 Å². The van der Waals surface area contributed by atoms with Gasteiger partial charge < -0.3 is 5.11 Å². The van der Waals surface area contributed by atoms with E-state index in [1.165, 1.54) is 0 Å². The molecule has 0 fully saturated rings. The molecule has 0 saturated carbocycles. The predicted octanol–water partition coefficient (Wildman–Crippen LogP) is 3.03. The lowest BCUT2D eigenvalue weighted by atomic mass is 10.1. The molecule has 2 aromatic rings. The maximum Gasteiger partial charge on any atom is 0.307 e. The lowest BCUT2D eigenvalue weighted by Gasteiger charge is -2.04. The van der Waals surface area contributed by atoms with Crippen LogP contribution in [-0.4, -0.2) is 16.1 Å². The van der Waals surface area contributed by atoms with Crippen molar-refractivity contribution in [2.75, 3.05) is 0 Å². The van der Waals surface area contributed by atoms with Crippen LogP contribution in [0.3, 0.4) is 0 Å². The standard InChI is InChI=1S/C13H10ClNO2/c14-12-7-9(8-13(16)17)6-11(15-12)10-4-2-1-3-5-10/h1-7H,8H2,(H,16,17). The highest BCUT2D eigenvalue weighted by Gasteiger charge is 2.06. The Kier molecular flexibility index (Phi) is 3.40. The Morgan fingerprint density at radius 2 is 1.94 bits per heavy atom. The van der Waals surface area contributed by atoms with Crippen molar-refractivity contribution in [2.24, 2.45) is 0 Å². The second-order valence-corrected chi connectivity index (χ2v) is 4.01. The Morgan fingerprint density at radius 3 is 2.59 bits per heavy atom. The van der Waals surface area contributed by atoms with Gasteiger partial charge in [0.25, 0.3) is 0 Å². The number of benzene rings is 1. The molecular formula is C13H10ClNO2. The summed E-state index contributed by atoms with van der Waals surface area (Å²) in [7, 11) is 0. The molecule has 1 aromatic carbocycles. The zero-order valence-corrected chi connectivity index (χ0v) is 9.69. The lowest BCUT2D eigenvalue weighted by molar-refractivity contribution is -0.136. The number of nitrogens with zero attached hydrogens (tertiary/aromatic N) is 1. The summed E-state index contributed by atoms with van der Waals surface area (Å²) < 4.78 is 0. The molecule has 0 aliphatic heterocycles. The number of halogens is 1. The zero-order valence-electron chi connectivity index (χ0n) is 8.93. The monoisotopic (exact) mass is 247 g/mol. The van der Waals surface area contributed by atoms with Crippen LogP contribution in [0, 0.1) is 0 Å². The average Bonchev–Trinajstić information content (AvgIpc) is 2.28. The fraction of sp³-hybridized carbons (Fsp3) is 0.0769. The number of hydrogen-bond acceptors (Lipinski definition) is 2. The summed E-state index contributed by atoms with van der Waals surface area (Å²) in [5.74, 6) is -0.883. The Balaban J connectivity index is 2.42. The first kappa shape index (κ1) is 11.6. The zero-order chi connectivity index (χ0) is 12.3. The van der Waals surface area contributed by atoms with Gasteiger partial charge in [0.05, 0.1) is 12.1 Å². The van der Waals surface area contributed by atoms with E-state index >= 15 is 0 Å². The highest BCUT2D eigenvalue weighted by Crippen LogP contribution is 2.21. The number of rotatable bonds is 3. The third kappa shape index (κ3) is 3.04. The van der Waals surface area contributed by atoms with Crippen LogP contribution >= 0.6 is 11.6 Å². The molecule has 0 aliphatic rings. The normalized spacial score (nSPS) is 10.2. The van der Waals surface area contributed by atoms with E-state index in [4.69, 9.17) is 16.7 Å². The molecule has 0 saturated heterocycles. The summed E-state index contributed by atoms with van der Waals surface area (Å²) in [5, 5.41) is 9.06. The van der Waals surface area contributed by atoms with Gasteiger partial charge in [0.2, 0.25) is 0 Å². The largest absolute Gasteiger partial charge is 0.481 e. The molecule has 1 N–H and O–H groups in total. The summed E-state index contributed by atoms with van der Waals surface area (Å²) in [6, 6.07) is 12.8. The summed E-state index contributed by atoms with van der Waals surface area (Å²) in [5.41, 5.74) is 2.26. The van der Waals surface area contributed by atoms with Crippen LogP contribution in [0.1, 0.15) is 5.56 Å². The second kappa shape index (κ2) is 4.97. The number of pyridine rings is 1. The number of carbonyl (C=O) groups is 1. The summed E-state index contributed by atoms with van der Waals surface area (Å²) in [6.45, 7) is 0. The predicted molar refractivity (Wildman–Crippen MR) is 66.0 cm³/mol. The summed E-state index contributed by atoms with van der Waals surface area (Å²) >= 11 is 5.88. The first-order valence-electron chi connectivity index (χ1n) is 5.09. The van der Waals surface area contributed by atoms with E-state index in [1.807, 2.05) is 30.3 Å². The molecule has 17 heavy (non-hydrogen) atoms.